The molecule has 0 bridgehead atoms. The molecule has 0 radical (unpaired) electrons. The van der Waals surface area contributed by atoms with Gasteiger partial charge >= 0.3 is 12.1 Å². The normalized spacial score (nSPS) is 12.2. The third-order valence-electron chi connectivity index (χ3n) is 2.01. The number of hydrogen-bond acceptors (Lipinski definition) is 5. The maximum absolute atomic E-state index is 12.4. The predicted molar refractivity (Wildman–Crippen MR) is 75.3 cm³/mol. The molecule has 1 atom stereocenters. The number of alkyl halides is 3. The van der Waals surface area contributed by atoms with E-state index in [1.807, 2.05) is 0 Å². The van der Waals surface area contributed by atoms with Crippen LogP contribution in [0.4, 0.5) is 13.2 Å². The average Bonchev–Trinajstić information content (AvgIpc) is 2.24. The molecule has 7 nitrogen and oxygen atoms in total. The van der Waals surface area contributed by atoms with E-state index in [1.165, 1.54) is 13.3 Å². The van der Waals surface area contributed by atoms with E-state index in [-0.39, 0.29) is 13.0 Å². The number of esters is 1. The first-order valence-electron chi connectivity index (χ1n) is 6.56. The SMILES string of the molecule is CC(CN(CC(=O)OC(C)(C)C)CC(F)(F)F)N[C-]=O.O=CO.[Fm]. The number of nitrogens with one attached hydrogen (secondary N) is 1. The molecule has 0 aliphatic rings. The fourth-order valence-corrected chi connectivity index (χ4v) is 1.53. The van der Waals surface area contributed by atoms with Crippen molar-refractivity contribution in [2.75, 3.05) is 19.6 Å². The van der Waals surface area contributed by atoms with Crippen LogP contribution in [0.5, 0.6) is 0 Å². The van der Waals surface area contributed by atoms with Crippen molar-refractivity contribution in [3.63, 3.8) is 0 Å². The van der Waals surface area contributed by atoms with Crippen LogP contribution in [0, 0.1) is 0 Å². The smallest absolute Gasteiger partial charge is 0.401 e. The topological polar surface area (TPSA) is 95.9 Å². The number of halogens is 3. The molecule has 0 aliphatic heterocycles. The van der Waals surface area contributed by atoms with E-state index in [4.69, 9.17) is 14.6 Å². The third-order valence-corrected chi connectivity index (χ3v) is 2.01. The zero-order valence-electron chi connectivity index (χ0n) is 13.7. The average molecular weight is 600 g/mol. The van der Waals surface area contributed by atoms with Gasteiger partial charge in [0.2, 0.25) is 0 Å². The molecule has 0 aromatic heterocycles. The van der Waals surface area contributed by atoms with Crippen LogP contribution >= 0.6 is 0 Å². The van der Waals surface area contributed by atoms with Crippen molar-refractivity contribution in [2.24, 2.45) is 0 Å². The van der Waals surface area contributed by atoms with Crippen molar-refractivity contribution in [1.29, 1.82) is 0 Å². The first-order valence-corrected chi connectivity index (χ1v) is 6.56. The summed E-state index contributed by atoms with van der Waals surface area (Å²) in [6.07, 6.45) is -3.03. The predicted octanol–water partition coefficient (Wildman–Crippen LogP) is 0.938. The minimum atomic E-state index is -4.44. The monoisotopic (exact) mass is 600 g/mol. The van der Waals surface area contributed by atoms with Gasteiger partial charge in [-0.25, -0.2) is 0 Å². The Labute approximate surface area is 132 Å². The van der Waals surface area contributed by atoms with Crippen LogP contribution in [-0.4, -0.2) is 66.3 Å². The number of carboxylic acid groups (broad SMARTS) is 1. The van der Waals surface area contributed by atoms with Crippen molar-refractivity contribution >= 4 is 18.9 Å². The molecule has 0 fully saturated rings. The molecule has 1 amide bonds. The Hall–Kier alpha value is -2.84. The van der Waals surface area contributed by atoms with Crippen molar-refractivity contribution in [2.45, 2.75) is 45.5 Å². The van der Waals surface area contributed by atoms with Gasteiger partial charge in [-0.2, -0.15) is 19.6 Å². The Kier molecular flexibility index (Phi) is 12.7. The number of ether oxygens (including phenoxy) is 1. The van der Waals surface area contributed by atoms with Crippen LogP contribution in [0.25, 0.3) is 0 Å². The maximum Gasteiger partial charge on any atom is 0.401 e. The van der Waals surface area contributed by atoms with E-state index >= 15 is 0 Å². The van der Waals surface area contributed by atoms with Crippen LogP contribution in [0.2, 0.25) is 0 Å². The molecule has 0 spiro atoms. The fourth-order valence-electron chi connectivity index (χ4n) is 1.53. The van der Waals surface area contributed by atoms with Gasteiger partial charge in [-0.3, -0.25) is 14.5 Å². The van der Waals surface area contributed by atoms with E-state index < -0.39 is 36.9 Å². The molecule has 0 saturated carbocycles. The van der Waals surface area contributed by atoms with E-state index in [2.05, 4.69) is 5.32 Å². The van der Waals surface area contributed by atoms with E-state index in [0.717, 1.165) is 4.90 Å². The molecule has 11 heteroatoms. The minimum Gasteiger partial charge on any atom is -0.527 e. The second-order valence-corrected chi connectivity index (χ2v) is 5.62. The van der Waals surface area contributed by atoms with Gasteiger partial charge in [0.1, 0.15) is 5.60 Å². The summed E-state index contributed by atoms with van der Waals surface area (Å²) in [6, 6.07) is -0.558. The van der Waals surface area contributed by atoms with Crippen LogP contribution in [0.1, 0.15) is 27.7 Å². The molecule has 2 N–H and O–H groups in total. The minimum absolute atomic E-state index is 0. The van der Waals surface area contributed by atoms with Crippen LogP contribution in [0.15, 0.2) is 0 Å². The molecule has 1 unspecified atom stereocenters. The molecule has 0 aliphatic carbocycles. The number of amides is 1. The standard InChI is InChI=1S/C12H20F3N2O3.CH2O2.Fm/c1-9(16-8-18)5-17(7-12(13,14)15)6-10(19)20-11(2,3)4;2-1-3;/h9H,5-7H2,1-4H3,(H,16,18);1H,(H,2,3);/q-1;;. The molecular weight excluding hydrogens is 578 g/mol. The second-order valence-electron chi connectivity index (χ2n) is 5.62. The van der Waals surface area contributed by atoms with Gasteiger partial charge < -0.3 is 20.0 Å². The maximum atomic E-state index is 12.4. The first kappa shape index (κ1) is 26.1. The van der Waals surface area contributed by atoms with Gasteiger partial charge in [0.05, 0.1) is 13.1 Å². The summed E-state index contributed by atoms with van der Waals surface area (Å²) < 4.78 is 42.3. The van der Waals surface area contributed by atoms with Gasteiger partial charge in [0, 0.05) is 12.6 Å². The molecular formula is C13H22F3FmN2O5-. The summed E-state index contributed by atoms with van der Waals surface area (Å²) in [5, 5.41) is 9.11. The van der Waals surface area contributed by atoms with Crippen molar-refractivity contribution in [1.82, 2.24) is 10.2 Å². The van der Waals surface area contributed by atoms with Crippen molar-refractivity contribution < 1.29 is 37.4 Å². The van der Waals surface area contributed by atoms with Crippen LogP contribution in [0.3, 0.4) is 0 Å². The molecule has 0 heterocycles. The van der Waals surface area contributed by atoms with Gasteiger partial charge in [-0.05, 0) is 27.7 Å². The Morgan fingerprint density at radius 2 is 1.83 bits per heavy atom. The van der Waals surface area contributed by atoms with Gasteiger partial charge in [0.25, 0.3) is 6.47 Å². The Balaban J connectivity index is -0.00000102. The first-order chi connectivity index (χ1) is 10.3. The summed E-state index contributed by atoms with van der Waals surface area (Å²) in [5.41, 5.74) is -0.762. The molecule has 0 aromatic rings. The second kappa shape index (κ2) is 11.7. The Morgan fingerprint density at radius 3 is 2.17 bits per heavy atom. The molecule has 0 rings (SSSR count). The number of hydrogen-bond donors (Lipinski definition) is 2. The molecule has 148 valence electrons. The van der Waals surface area contributed by atoms with E-state index in [9.17, 15) is 22.8 Å². The van der Waals surface area contributed by atoms with Gasteiger partial charge in [0.15, 0.2) is 0 Å². The zero-order valence-corrected chi connectivity index (χ0v) is 16.1. The molecule has 0 saturated heterocycles. The van der Waals surface area contributed by atoms with Gasteiger partial charge in [-0.1, -0.05) is 0 Å². The number of nitrogens with zero attached hydrogens (tertiary/aromatic N) is 1. The Morgan fingerprint density at radius 1 is 1.38 bits per heavy atom. The third kappa shape index (κ3) is 19.2. The largest absolute Gasteiger partial charge is 0.527 e. The summed E-state index contributed by atoms with van der Waals surface area (Å²) in [7, 11) is 0. The Bertz CT molecular complexity index is 376. The van der Waals surface area contributed by atoms with Gasteiger partial charge in [-0.15, -0.1) is 0 Å². The van der Waals surface area contributed by atoms with E-state index in [1.54, 1.807) is 20.8 Å². The zero-order chi connectivity index (χ0) is 18.7. The van der Waals surface area contributed by atoms with Crippen molar-refractivity contribution in [3.8, 4) is 0 Å². The summed E-state index contributed by atoms with van der Waals surface area (Å²) >= 11 is 0. The number of carbonyl (C=O) groups is 2. The molecule has 24 heavy (non-hydrogen) atoms. The van der Waals surface area contributed by atoms with Crippen LogP contribution < -0.4 is 5.32 Å². The van der Waals surface area contributed by atoms with E-state index in [0.29, 0.717) is 0 Å². The quantitative estimate of drug-likeness (QED) is 0.196. The summed E-state index contributed by atoms with van der Waals surface area (Å²) in [5.74, 6) is -0.746. The number of carbonyl (C=O) groups excluding carboxylic acids is 2. The van der Waals surface area contributed by atoms with Crippen LogP contribution in [-0.2, 0) is 19.1 Å². The van der Waals surface area contributed by atoms with Crippen molar-refractivity contribution in [3.05, 3.63) is 0 Å². The molecule has 0 aromatic carbocycles. The fraction of sp³-hybridized carbons (Fsp3) is 0.769. The number of rotatable bonds is 7. The summed E-state index contributed by atoms with van der Waals surface area (Å²) in [4.78, 5) is 30.9. The summed E-state index contributed by atoms with van der Waals surface area (Å²) in [6.45, 7) is 4.27.